The van der Waals surface area contributed by atoms with E-state index < -0.39 is 0 Å². The zero-order valence-electron chi connectivity index (χ0n) is 12.9. The zero-order chi connectivity index (χ0) is 13.9. The van der Waals surface area contributed by atoms with Gasteiger partial charge in [0.15, 0.2) is 0 Å². The van der Waals surface area contributed by atoms with Crippen molar-refractivity contribution in [1.82, 2.24) is 20.0 Å². The van der Waals surface area contributed by atoms with Crippen LogP contribution in [0.3, 0.4) is 0 Å². The van der Waals surface area contributed by atoms with E-state index in [1.54, 1.807) is 0 Å². The lowest BCUT2D eigenvalue weighted by Crippen LogP contribution is -2.42. The van der Waals surface area contributed by atoms with E-state index in [1.165, 1.54) is 31.4 Å². The fourth-order valence-corrected chi connectivity index (χ4v) is 4.02. The van der Waals surface area contributed by atoms with Crippen molar-refractivity contribution in [1.29, 1.82) is 0 Å². The Morgan fingerprint density at radius 1 is 1.30 bits per heavy atom. The van der Waals surface area contributed by atoms with Crippen molar-refractivity contribution in [2.24, 2.45) is 5.92 Å². The molecule has 2 aliphatic heterocycles. The second-order valence-corrected chi connectivity index (χ2v) is 6.56. The first-order chi connectivity index (χ1) is 9.78. The maximum atomic E-state index is 4.39. The summed E-state index contributed by atoms with van der Waals surface area (Å²) < 4.78 is 2.13. The summed E-state index contributed by atoms with van der Waals surface area (Å²) in [5.41, 5.74) is 1.32. The summed E-state index contributed by atoms with van der Waals surface area (Å²) in [4.78, 5) is 2.62. The van der Waals surface area contributed by atoms with Crippen LogP contribution >= 0.6 is 0 Å². The Morgan fingerprint density at radius 3 is 2.75 bits per heavy atom. The van der Waals surface area contributed by atoms with Gasteiger partial charge in [-0.1, -0.05) is 6.92 Å². The number of nitrogens with zero attached hydrogens (tertiary/aromatic N) is 3. The van der Waals surface area contributed by atoms with E-state index in [0.717, 1.165) is 44.1 Å². The number of aromatic nitrogens is 2. The summed E-state index contributed by atoms with van der Waals surface area (Å²) >= 11 is 0. The van der Waals surface area contributed by atoms with Crippen LogP contribution in [0.5, 0.6) is 0 Å². The normalized spacial score (nSPS) is 30.0. The molecule has 0 aliphatic carbocycles. The molecule has 1 N–H and O–H groups in total. The minimum atomic E-state index is 0.853. The molecule has 3 heterocycles. The van der Waals surface area contributed by atoms with E-state index in [4.69, 9.17) is 0 Å². The van der Waals surface area contributed by atoms with Gasteiger partial charge in [0.05, 0.1) is 5.69 Å². The standard InChI is InChI=1S/C16H28N4/c1-3-8-20-16(6-7-18-20)12-17-11-13-9-14-4-5-15(10-13)19(14)2/h6-7,13-15,17H,3-5,8-12H2,1-2H3. The molecule has 1 aromatic heterocycles. The maximum absolute atomic E-state index is 4.39. The second kappa shape index (κ2) is 6.27. The Labute approximate surface area is 122 Å². The molecule has 2 atom stereocenters. The molecule has 2 fully saturated rings. The van der Waals surface area contributed by atoms with Gasteiger partial charge in [0.25, 0.3) is 0 Å². The summed E-state index contributed by atoms with van der Waals surface area (Å²) in [6, 6.07) is 3.85. The van der Waals surface area contributed by atoms with Gasteiger partial charge < -0.3 is 10.2 Å². The largest absolute Gasteiger partial charge is 0.311 e. The van der Waals surface area contributed by atoms with Gasteiger partial charge in [-0.3, -0.25) is 4.68 Å². The van der Waals surface area contributed by atoms with Gasteiger partial charge in [-0.15, -0.1) is 0 Å². The van der Waals surface area contributed by atoms with Crippen LogP contribution in [0.2, 0.25) is 0 Å². The van der Waals surface area contributed by atoms with Crippen molar-refractivity contribution in [2.45, 2.75) is 64.2 Å². The van der Waals surface area contributed by atoms with Gasteiger partial charge in [-0.2, -0.15) is 5.10 Å². The molecule has 112 valence electrons. The van der Waals surface area contributed by atoms with Crippen molar-refractivity contribution in [3.63, 3.8) is 0 Å². The van der Waals surface area contributed by atoms with E-state index in [1.807, 2.05) is 6.20 Å². The van der Waals surface area contributed by atoms with Crippen molar-refractivity contribution >= 4 is 0 Å². The van der Waals surface area contributed by atoms with E-state index >= 15 is 0 Å². The molecule has 20 heavy (non-hydrogen) atoms. The molecule has 2 saturated heterocycles. The molecule has 2 bridgehead atoms. The SMILES string of the molecule is CCCn1nccc1CNCC1CC2CCC(C1)N2C. The van der Waals surface area contributed by atoms with Gasteiger partial charge >= 0.3 is 0 Å². The number of piperidine rings is 1. The number of aryl methyl sites for hydroxylation is 1. The minimum absolute atomic E-state index is 0.853. The molecular weight excluding hydrogens is 248 g/mol. The van der Waals surface area contributed by atoms with Crippen LogP contribution in [0.4, 0.5) is 0 Å². The smallest absolute Gasteiger partial charge is 0.0522 e. The van der Waals surface area contributed by atoms with Crippen LogP contribution in [-0.2, 0) is 13.1 Å². The van der Waals surface area contributed by atoms with Crippen molar-refractivity contribution in [3.8, 4) is 0 Å². The van der Waals surface area contributed by atoms with Gasteiger partial charge in [0.1, 0.15) is 0 Å². The number of hydrogen-bond donors (Lipinski definition) is 1. The molecule has 0 aromatic carbocycles. The molecule has 0 amide bonds. The average molecular weight is 276 g/mol. The van der Waals surface area contributed by atoms with Crippen molar-refractivity contribution in [2.75, 3.05) is 13.6 Å². The first-order valence-corrected chi connectivity index (χ1v) is 8.21. The molecule has 3 rings (SSSR count). The lowest BCUT2D eigenvalue weighted by molar-refractivity contribution is 0.132. The number of rotatable bonds is 6. The van der Waals surface area contributed by atoms with Gasteiger partial charge in [0.2, 0.25) is 0 Å². The Bertz CT molecular complexity index is 414. The second-order valence-electron chi connectivity index (χ2n) is 6.56. The Kier molecular flexibility index (Phi) is 4.41. The van der Waals surface area contributed by atoms with E-state index in [0.29, 0.717) is 0 Å². The number of nitrogens with one attached hydrogen (secondary N) is 1. The molecule has 0 radical (unpaired) electrons. The third-order valence-corrected chi connectivity index (χ3v) is 5.17. The highest BCUT2D eigenvalue weighted by atomic mass is 15.3. The summed E-state index contributed by atoms with van der Waals surface area (Å²) in [5.74, 6) is 0.867. The van der Waals surface area contributed by atoms with Crippen LogP contribution in [0, 0.1) is 5.92 Å². The van der Waals surface area contributed by atoms with E-state index in [2.05, 4.69) is 40.0 Å². The highest BCUT2D eigenvalue weighted by Crippen LogP contribution is 2.36. The summed E-state index contributed by atoms with van der Waals surface area (Å²) in [6.07, 6.45) is 8.67. The quantitative estimate of drug-likeness (QED) is 0.865. The van der Waals surface area contributed by atoms with Crippen LogP contribution in [0.1, 0.15) is 44.7 Å². The fourth-order valence-electron chi connectivity index (χ4n) is 4.02. The van der Waals surface area contributed by atoms with E-state index in [9.17, 15) is 0 Å². The van der Waals surface area contributed by atoms with Gasteiger partial charge in [-0.25, -0.2) is 0 Å². The van der Waals surface area contributed by atoms with Crippen molar-refractivity contribution < 1.29 is 0 Å². The predicted octanol–water partition coefficient (Wildman–Crippen LogP) is 2.26. The number of fused-ring (bicyclic) bond motifs is 2. The first kappa shape index (κ1) is 14.1. The Hall–Kier alpha value is -0.870. The maximum Gasteiger partial charge on any atom is 0.0522 e. The molecule has 0 spiro atoms. The molecule has 0 saturated carbocycles. The number of hydrogen-bond acceptors (Lipinski definition) is 3. The minimum Gasteiger partial charge on any atom is -0.311 e. The molecule has 2 aliphatic rings. The third-order valence-electron chi connectivity index (χ3n) is 5.17. The van der Waals surface area contributed by atoms with E-state index in [-0.39, 0.29) is 0 Å². The topological polar surface area (TPSA) is 33.1 Å². The van der Waals surface area contributed by atoms with Crippen molar-refractivity contribution in [3.05, 3.63) is 18.0 Å². The molecule has 2 unspecified atom stereocenters. The van der Waals surface area contributed by atoms with Gasteiger partial charge in [-0.05, 0) is 57.7 Å². The Morgan fingerprint density at radius 2 is 2.05 bits per heavy atom. The zero-order valence-corrected chi connectivity index (χ0v) is 12.9. The lowest BCUT2D eigenvalue weighted by Gasteiger charge is -2.36. The van der Waals surface area contributed by atoms with Gasteiger partial charge in [0, 0.05) is 31.4 Å². The molecule has 4 heteroatoms. The first-order valence-electron chi connectivity index (χ1n) is 8.21. The third kappa shape index (κ3) is 2.91. The summed E-state index contributed by atoms with van der Waals surface area (Å²) in [7, 11) is 2.31. The average Bonchev–Trinajstić information content (AvgIpc) is 2.93. The highest BCUT2D eigenvalue weighted by Gasteiger charge is 2.37. The molecule has 4 nitrogen and oxygen atoms in total. The monoisotopic (exact) mass is 276 g/mol. The van der Waals surface area contributed by atoms with Crippen LogP contribution in [-0.4, -0.2) is 40.4 Å². The highest BCUT2D eigenvalue weighted by molar-refractivity contribution is 5.00. The Balaban J connectivity index is 1.45. The summed E-state index contributed by atoms with van der Waals surface area (Å²) in [6.45, 7) is 5.36. The predicted molar refractivity (Wildman–Crippen MR) is 81.5 cm³/mol. The fraction of sp³-hybridized carbons (Fsp3) is 0.812. The molecule has 1 aromatic rings. The lowest BCUT2D eigenvalue weighted by atomic mass is 9.91. The van der Waals surface area contributed by atoms with Crippen LogP contribution < -0.4 is 5.32 Å². The van der Waals surface area contributed by atoms with Crippen LogP contribution in [0.25, 0.3) is 0 Å². The van der Waals surface area contributed by atoms with Crippen LogP contribution in [0.15, 0.2) is 12.3 Å². The summed E-state index contributed by atoms with van der Waals surface area (Å²) in [5, 5.41) is 8.05. The molecular formula is C16H28N4.